The van der Waals surface area contributed by atoms with Gasteiger partial charge in [-0.25, -0.2) is 9.37 Å². The van der Waals surface area contributed by atoms with Crippen LogP contribution in [0.1, 0.15) is 43.8 Å². The number of ether oxygens (including phenoxy) is 1. The van der Waals surface area contributed by atoms with E-state index in [0.717, 1.165) is 57.4 Å². The van der Waals surface area contributed by atoms with Gasteiger partial charge in [-0.2, -0.15) is 0 Å². The second-order valence-electron chi connectivity index (χ2n) is 9.72. The summed E-state index contributed by atoms with van der Waals surface area (Å²) in [6.45, 7) is 3.89. The fourth-order valence-electron chi connectivity index (χ4n) is 4.85. The van der Waals surface area contributed by atoms with Crippen molar-refractivity contribution < 1.29 is 19.0 Å². The van der Waals surface area contributed by atoms with Gasteiger partial charge in [0, 0.05) is 43.1 Å². The van der Waals surface area contributed by atoms with Crippen molar-refractivity contribution in [2.24, 2.45) is 5.92 Å². The maximum atomic E-state index is 13.3. The molecule has 0 unspecified atom stereocenters. The first-order valence-electron chi connectivity index (χ1n) is 12.4. The van der Waals surface area contributed by atoms with Gasteiger partial charge in [-0.15, -0.1) is 0 Å². The first kappa shape index (κ1) is 23.1. The molecule has 1 saturated carbocycles. The van der Waals surface area contributed by atoms with Crippen molar-refractivity contribution in [2.75, 3.05) is 37.6 Å². The van der Waals surface area contributed by atoms with Gasteiger partial charge in [-0.05, 0) is 75.5 Å². The molecule has 1 aromatic heterocycles. The largest absolute Gasteiger partial charge is 0.474 e. The van der Waals surface area contributed by atoms with Crippen LogP contribution in [0, 0.1) is 11.7 Å². The molecule has 2 aliphatic heterocycles. The number of nitrogens with zero attached hydrogens (tertiary/aromatic N) is 3. The van der Waals surface area contributed by atoms with Crippen LogP contribution < -0.4 is 15.0 Å². The summed E-state index contributed by atoms with van der Waals surface area (Å²) in [7, 11) is 0. The molecule has 1 aliphatic carbocycles. The van der Waals surface area contributed by atoms with Gasteiger partial charge in [0.1, 0.15) is 18.0 Å². The average Bonchev–Trinajstić information content (AvgIpc) is 3.29. The van der Waals surface area contributed by atoms with E-state index in [1.54, 1.807) is 24.4 Å². The molecule has 3 aliphatic rings. The molecule has 2 saturated heterocycles. The van der Waals surface area contributed by atoms with Crippen molar-refractivity contribution in [3.8, 4) is 5.88 Å². The standard InChI is InChI=1S/C26H33FN4O3/c27-20-4-6-21(7-5-20)31-14-11-19(16-31)26(33)29-23(17-30-12-1-2-13-30)25(32)18-3-10-24(28-15-18)34-22-8-9-22/h3-7,10,15,19,22-23,25,32H,1-2,8-9,11-14,16-17H2,(H,29,33)/t19-,23-,25-/m1/s1. The summed E-state index contributed by atoms with van der Waals surface area (Å²) >= 11 is 0. The number of amides is 1. The van der Waals surface area contributed by atoms with Crippen molar-refractivity contribution in [2.45, 2.75) is 50.4 Å². The van der Waals surface area contributed by atoms with Crippen LogP contribution in [0.2, 0.25) is 0 Å². The molecule has 1 amide bonds. The lowest BCUT2D eigenvalue weighted by Crippen LogP contribution is -2.48. The fourth-order valence-corrected chi connectivity index (χ4v) is 4.85. The Kier molecular flexibility index (Phi) is 6.97. The number of carbonyl (C=O) groups is 1. The van der Waals surface area contributed by atoms with Gasteiger partial charge in [-0.3, -0.25) is 4.79 Å². The van der Waals surface area contributed by atoms with E-state index in [4.69, 9.17) is 4.74 Å². The summed E-state index contributed by atoms with van der Waals surface area (Å²) in [6.07, 6.45) is 6.20. The highest BCUT2D eigenvalue weighted by Gasteiger charge is 2.33. The molecular weight excluding hydrogens is 435 g/mol. The number of likely N-dealkylation sites (tertiary alicyclic amines) is 1. The normalized spacial score (nSPS) is 22.5. The maximum Gasteiger partial charge on any atom is 0.225 e. The predicted molar refractivity (Wildman–Crippen MR) is 127 cm³/mol. The number of anilines is 1. The number of nitrogens with one attached hydrogen (secondary N) is 1. The molecule has 0 bridgehead atoms. The Bertz CT molecular complexity index is 961. The lowest BCUT2D eigenvalue weighted by atomic mass is 10.0. The van der Waals surface area contributed by atoms with Gasteiger partial charge in [0.2, 0.25) is 11.8 Å². The van der Waals surface area contributed by atoms with Gasteiger partial charge in [0.25, 0.3) is 0 Å². The quantitative estimate of drug-likeness (QED) is 0.589. The molecule has 3 atom stereocenters. The van der Waals surface area contributed by atoms with Crippen LogP contribution in [0.5, 0.6) is 5.88 Å². The highest BCUT2D eigenvalue weighted by Crippen LogP contribution is 2.28. The Hall–Kier alpha value is -2.71. The summed E-state index contributed by atoms with van der Waals surface area (Å²) in [6, 6.07) is 9.59. The smallest absolute Gasteiger partial charge is 0.225 e. The zero-order valence-corrected chi connectivity index (χ0v) is 19.4. The number of benzene rings is 1. The molecule has 2 aromatic rings. The van der Waals surface area contributed by atoms with Gasteiger partial charge in [0.15, 0.2) is 0 Å². The molecule has 34 heavy (non-hydrogen) atoms. The van der Waals surface area contributed by atoms with E-state index in [1.165, 1.54) is 12.1 Å². The van der Waals surface area contributed by atoms with E-state index in [-0.39, 0.29) is 23.7 Å². The van der Waals surface area contributed by atoms with Crippen molar-refractivity contribution >= 4 is 11.6 Å². The minimum Gasteiger partial charge on any atom is -0.474 e. The van der Waals surface area contributed by atoms with Crippen molar-refractivity contribution in [3.05, 3.63) is 54.0 Å². The zero-order chi connectivity index (χ0) is 23.5. The molecule has 3 heterocycles. The Morgan fingerprint density at radius 3 is 2.56 bits per heavy atom. The van der Waals surface area contributed by atoms with E-state index < -0.39 is 12.1 Å². The van der Waals surface area contributed by atoms with E-state index in [0.29, 0.717) is 24.5 Å². The Morgan fingerprint density at radius 1 is 1.12 bits per heavy atom. The van der Waals surface area contributed by atoms with Gasteiger partial charge in [0.05, 0.1) is 12.0 Å². The predicted octanol–water partition coefficient (Wildman–Crippen LogP) is 2.90. The Morgan fingerprint density at radius 2 is 1.88 bits per heavy atom. The molecule has 3 fully saturated rings. The van der Waals surface area contributed by atoms with Crippen molar-refractivity contribution in [1.29, 1.82) is 0 Å². The first-order valence-corrected chi connectivity index (χ1v) is 12.4. The number of halogens is 1. The number of carbonyl (C=O) groups excluding carboxylic acids is 1. The Labute approximate surface area is 199 Å². The third-order valence-electron chi connectivity index (χ3n) is 7.03. The van der Waals surface area contributed by atoms with E-state index >= 15 is 0 Å². The summed E-state index contributed by atoms with van der Waals surface area (Å²) in [5.41, 5.74) is 1.59. The summed E-state index contributed by atoms with van der Waals surface area (Å²) in [5.74, 6) is 0.0864. The molecule has 1 aromatic carbocycles. The lowest BCUT2D eigenvalue weighted by Gasteiger charge is -2.29. The first-order chi connectivity index (χ1) is 16.5. The average molecular weight is 469 g/mol. The van der Waals surface area contributed by atoms with E-state index in [2.05, 4.69) is 20.1 Å². The lowest BCUT2D eigenvalue weighted by molar-refractivity contribution is -0.126. The van der Waals surface area contributed by atoms with Crippen LogP contribution in [-0.4, -0.2) is 65.8 Å². The maximum absolute atomic E-state index is 13.3. The molecule has 7 nitrogen and oxygen atoms in total. The van der Waals surface area contributed by atoms with Crippen LogP contribution in [0.4, 0.5) is 10.1 Å². The molecule has 5 rings (SSSR count). The highest BCUT2D eigenvalue weighted by atomic mass is 19.1. The van der Waals surface area contributed by atoms with Crippen LogP contribution in [0.25, 0.3) is 0 Å². The molecule has 2 N–H and O–H groups in total. The number of aliphatic hydroxyl groups is 1. The molecule has 8 heteroatoms. The van der Waals surface area contributed by atoms with Crippen LogP contribution >= 0.6 is 0 Å². The molecular formula is C26H33FN4O3. The second kappa shape index (κ2) is 10.3. The fraction of sp³-hybridized carbons (Fsp3) is 0.538. The Balaban J connectivity index is 1.23. The summed E-state index contributed by atoms with van der Waals surface area (Å²) < 4.78 is 19.0. The van der Waals surface area contributed by atoms with E-state index in [9.17, 15) is 14.3 Å². The second-order valence-corrected chi connectivity index (χ2v) is 9.72. The number of aromatic nitrogens is 1. The number of aliphatic hydroxyl groups excluding tert-OH is 1. The number of hydrogen-bond acceptors (Lipinski definition) is 6. The zero-order valence-electron chi connectivity index (χ0n) is 19.4. The van der Waals surface area contributed by atoms with E-state index in [1.807, 2.05) is 6.07 Å². The molecule has 182 valence electrons. The number of hydrogen-bond donors (Lipinski definition) is 2. The van der Waals surface area contributed by atoms with Gasteiger partial charge in [-0.1, -0.05) is 0 Å². The third kappa shape index (κ3) is 5.67. The monoisotopic (exact) mass is 468 g/mol. The summed E-state index contributed by atoms with van der Waals surface area (Å²) in [4.78, 5) is 22.0. The summed E-state index contributed by atoms with van der Waals surface area (Å²) in [5, 5.41) is 14.4. The molecule has 0 spiro atoms. The number of pyridine rings is 1. The highest BCUT2D eigenvalue weighted by molar-refractivity contribution is 5.80. The SMILES string of the molecule is O=C(N[C@H](CN1CCCC1)[C@H](O)c1ccc(OC2CC2)nc1)[C@@H]1CCN(c2ccc(F)cc2)C1. The molecule has 0 radical (unpaired) electrons. The topological polar surface area (TPSA) is 77.9 Å². The minimum absolute atomic E-state index is 0.0468. The number of rotatable bonds is 9. The van der Waals surface area contributed by atoms with Gasteiger partial charge >= 0.3 is 0 Å². The van der Waals surface area contributed by atoms with Gasteiger partial charge < -0.3 is 25.0 Å². The third-order valence-corrected chi connectivity index (χ3v) is 7.03. The minimum atomic E-state index is -0.860. The van der Waals surface area contributed by atoms with Crippen LogP contribution in [0.15, 0.2) is 42.6 Å². The van der Waals surface area contributed by atoms with Crippen molar-refractivity contribution in [1.82, 2.24) is 15.2 Å². The van der Waals surface area contributed by atoms with Crippen LogP contribution in [0.3, 0.4) is 0 Å². The van der Waals surface area contributed by atoms with Crippen LogP contribution in [-0.2, 0) is 4.79 Å². The van der Waals surface area contributed by atoms with Crippen molar-refractivity contribution in [3.63, 3.8) is 0 Å².